The standard InChI is InChI=1S/C78H43BN4/c1-4-22-50-46(18-1)47-19-2-5-23-51(47)59-43-73-63(41-58(50)59)75-74-57-29-8-7-21-49(57)48-20-3-6-24-52(48)61(74)42-65-78(75)83(73)72-35-17-34-71-76(72)79(65)64-40-45(81-68-32-15-11-27-55(68)56-28-12-16-33-69(56)81)39-62-60-38-44(36-37-70(60)82(71)77(62)64)80-66-30-13-9-25-53(66)54-26-10-14-31-67(54)80/h1-43H. The van der Waals surface area contributed by atoms with Gasteiger partial charge in [0.25, 0.3) is 6.71 Å². The Morgan fingerprint density at radius 2 is 0.614 bits per heavy atom. The molecular formula is C78H43BN4. The van der Waals surface area contributed by atoms with E-state index in [2.05, 4.69) is 279 Å². The van der Waals surface area contributed by atoms with Gasteiger partial charge in [-0.15, -0.1) is 0 Å². The van der Waals surface area contributed by atoms with Crippen LogP contribution in [0.15, 0.2) is 261 Å². The summed E-state index contributed by atoms with van der Waals surface area (Å²) in [6.07, 6.45) is 0. The Morgan fingerprint density at radius 1 is 0.205 bits per heavy atom. The van der Waals surface area contributed by atoms with Crippen LogP contribution in [-0.2, 0) is 0 Å². The summed E-state index contributed by atoms with van der Waals surface area (Å²) in [6.45, 7) is -0.115. The van der Waals surface area contributed by atoms with Crippen LogP contribution in [0.25, 0.3) is 175 Å². The van der Waals surface area contributed by atoms with Gasteiger partial charge in [-0.05, 0) is 154 Å². The number of fused-ring (bicyclic) bond motifs is 29. The molecule has 2 aliphatic heterocycles. The molecule has 0 radical (unpaired) electrons. The van der Waals surface area contributed by atoms with E-state index in [1.165, 1.54) is 180 Å². The van der Waals surface area contributed by atoms with Gasteiger partial charge >= 0.3 is 0 Å². The van der Waals surface area contributed by atoms with E-state index < -0.39 is 0 Å². The van der Waals surface area contributed by atoms with Crippen LogP contribution in [0.1, 0.15) is 0 Å². The molecule has 5 heteroatoms. The minimum Gasteiger partial charge on any atom is -0.310 e. The molecule has 2 aliphatic rings. The molecule has 0 fully saturated rings. The molecule has 0 amide bonds. The van der Waals surface area contributed by atoms with Crippen LogP contribution in [0.4, 0.5) is 0 Å². The first-order valence-electron chi connectivity index (χ1n) is 29.0. The largest absolute Gasteiger partial charge is 0.310 e. The Balaban J connectivity index is 0.972. The Morgan fingerprint density at radius 3 is 1.17 bits per heavy atom. The van der Waals surface area contributed by atoms with Gasteiger partial charge in [-0.25, -0.2) is 0 Å². The highest BCUT2D eigenvalue weighted by atomic mass is 15.0. The van der Waals surface area contributed by atoms with Crippen LogP contribution in [0.3, 0.4) is 0 Å². The van der Waals surface area contributed by atoms with Gasteiger partial charge in [-0.2, -0.15) is 0 Å². The molecule has 0 N–H and O–H groups in total. The molecule has 4 aromatic heterocycles. The van der Waals surface area contributed by atoms with Crippen molar-refractivity contribution in [2.45, 2.75) is 0 Å². The number of para-hydroxylation sites is 4. The topological polar surface area (TPSA) is 19.7 Å². The van der Waals surface area contributed by atoms with Crippen molar-refractivity contribution in [3.8, 4) is 22.7 Å². The lowest BCUT2D eigenvalue weighted by Crippen LogP contribution is -2.59. The smallest absolute Gasteiger partial charge is 0.252 e. The zero-order valence-electron chi connectivity index (χ0n) is 44.7. The van der Waals surface area contributed by atoms with Crippen LogP contribution < -0.4 is 16.4 Å². The van der Waals surface area contributed by atoms with Crippen LogP contribution in [0.5, 0.6) is 0 Å². The number of benzene rings is 15. The lowest BCUT2D eigenvalue weighted by atomic mass is 9.34. The molecule has 378 valence electrons. The fraction of sp³-hybridized carbons (Fsp3) is 0. The summed E-state index contributed by atoms with van der Waals surface area (Å²) in [6, 6.07) is 99.3. The highest BCUT2D eigenvalue weighted by Crippen LogP contribution is 2.49. The predicted molar refractivity (Wildman–Crippen MR) is 353 cm³/mol. The molecule has 83 heavy (non-hydrogen) atoms. The molecule has 6 heterocycles. The van der Waals surface area contributed by atoms with Crippen molar-refractivity contribution in [1.82, 2.24) is 18.3 Å². The molecule has 4 nitrogen and oxygen atoms in total. The highest BCUT2D eigenvalue weighted by Gasteiger charge is 2.42. The van der Waals surface area contributed by atoms with Gasteiger partial charge in [0.1, 0.15) is 0 Å². The first kappa shape index (κ1) is 43.0. The quantitative estimate of drug-likeness (QED) is 0.121. The van der Waals surface area contributed by atoms with Crippen LogP contribution in [0, 0.1) is 0 Å². The maximum Gasteiger partial charge on any atom is 0.252 e. The Bertz CT molecular complexity index is 6160. The lowest BCUT2D eigenvalue weighted by molar-refractivity contribution is 1.14. The van der Waals surface area contributed by atoms with Crippen molar-refractivity contribution in [2.24, 2.45) is 0 Å². The normalized spacial score (nSPS) is 13.0. The number of rotatable bonds is 2. The van der Waals surface area contributed by atoms with Crippen molar-refractivity contribution >= 4 is 175 Å². The van der Waals surface area contributed by atoms with Gasteiger partial charge in [0.2, 0.25) is 0 Å². The first-order chi connectivity index (χ1) is 41.2. The first-order valence-corrected chi connectivity index (χ1v) is 29.0. The minimum absolute atomic E-state index is 0.115. The summed E-state index contributed by atoms with van der Waals surface area (Å²) in [5, 5.41) is 25.5. The number of hydrogen-bond acceptors (Lipinski definition) is 0. The van der Waals surface area contributed by atoms with E-state index in [4.69, 9.17) is 0 Å². The van der Waals surface area contributed by atoms with Crippen molar-refractivity contribution in [2.75, 3.05) is 0 Å². The second-order valence-corrected chi connectivity index (χ2v) is 23.4. The molecule has 19 aromatic rings. The van der Waals surface area contributed by atoms with E-state index in [1.54, 1.807) is 0 Å². The Kier molecular flexibility index (Phi) is 7.83. The zero-order chi connectivity index (χ0) is 53.5. The van der Waals surface area contributed by atoms with E-state index in [0.29, 0.717) is 0 Å². The molecule has 0 saturated carbocycles. The van der Waals surface area contributed by atoms with Crippen molar-refractivity contribution in [3.63, 3.8) is 0 Å². The van der Waals surface area contributed by atoms with Gasteiger partial charge in [-0.3, -0.25) is 0 Å². The summed E-state index contributed by atoms with van der Waals surface area (Å²) in [5.41, 5.74) is 18.6. The monoisotopic (exact) mass is 1050 g/mol. The maximum atomic E-state index is 2.69. The Hall–Kier alpha value is -10.9. The Labute approximate surface area is 474 Å². The van der Waals surface area contributed by atoms with Crippen LogP contribution >= 0.6 is 0 Å². The SMILES string of the molecule is c1cc2c3c(c1)-n1c4cc5c6ccccc6c6ccccc6c5cc4c4c5c6ccccc6c6ccccc6c5cc(c41)B3c1cc(-n3c4ccccc4c4ccccc43)cc3c4cc(-n5c6ccccc6c6ccccc65)ccc4n-2c13. The predicted octanol–water partition coefficient (Wildman–Crippen LogP) is 18.1. The second kappa shape index (κ2) is 15.1. The fourth-order valence-corrected chi connectivity index (χ4v) is 16.5. The van der Waals surface area contributed by atoms with E-state index in [-0.39, 0.29) is 6.71 Å². The van der Waals surface area contributed by atoms with E-state index in [1.807, 2.05) is 0 Å². The number of aromatic nitrogens is 4. The third-order valence-electron chi connectivity index (χ3n) is 19.6. The van der Waals surface area contributed by atoms with Crippen molar-refractivity contribution < 1.29 is 0 Å². The molecule has 0 atom stereocenters. The maximum absolute atomic E-state index is 2.69. The molecule has 0 aliphatic carbocycles. The highest BCUT2D eigenvalue weighted by molar-refractivity contribution is 7.00. The molecule has 21 rings (SSSR count). The summed E-state index contributed by atoms with van der Waals surface area (Å²) < 4.78 is 10.3. The molecule has 0 unspecified atom stereocenters. The number of nitrogens with zero attached hydrogens (tertiary/aromatic N) is 4. The van der Waals surface area contributed by atoms with Crippen molar-refractivity contribution in [3.05, 3.63) is 261 Å². The summed E-state index contributed by atoms with van der Waals surface area (Å²) >= 11 is 0. The van der Waals surface area contributed by atoms with Crippen LogP contribution in [-0.4, -0.2) is 25.0 Å². The molecular weight excluding hydrogens is 1000 g/mol. The molecule has 15 aromatic carbocycles. The third-order valence-corrected chi connectivity index (χ3v) is 19.6. The number of hydrogen-bond donors (Lipinski definition) is 0. The zero-order valence-corrected chi connectivity index (χ0v) is 44.7. The van der Waals surface area contributed by atoms with Gasteiger partial charge < -0.3 is 18.3 Å². The minimum atomic E-state index is -0.115. The summed E-state index contributed by atoms with van der Waals surface area (Å²) in [7, 11) is 0. The van der Waals surface area contributed by atoms with Crippen LogP contribution in [0.2, 0.25) is 0 Å². The van der Waals surface area contributed by atoms with Crippen molar-refractivity contribution in [1.29, 1.82) is 0 Å². The van der Waals surface area contributed by atoms with Gasteiger partial charge in [-0.1, -0.05) is 182 Å². The van der Waals surface area contributed by atoms with E-state index in [0.717, 1.165) is 11.4 Å². The second-order valence-electron chi connectivity index (χ2n) is 23.4. The van der Waals surface area contributed by atoms with Gasteiger partial charge in [0.05, 0.1) is 38.6 Å². The lowest BCUT2D eigenvalue weighted by Gasteiger charge is -2.34. The average molecular weight is 1050 g/mol. The summed E-state index contributed by atoms with van der Waals surface area (Å²) in [4.78, 5) is 0. The fourth-order valence-electron chi connectivity index (χ4n) is 16.5. The molecule has 0 spiro atoms. The van der Waals surface area contributed by atoms with Gasteiger partial charge in [0, 0.05) is 76.7 Å². The van der Waals surface area contributed by atoms with Gasteiger partial charge in [0.15, 0.2) is 0 Å². The third kappa shape index (κ3) is 5.18. The molecule has 0 saturated heterocycles. The average Bonchev–Trinajstić information content (AvgIpc) is 1.75. The molecule has 0 bridgehead atoms. The van der Waals surface area contributed by atoms with E-state index >= 15 is 0 Å². The van der Waals surface area contributed by atoms with E-state index in [9.17, 15) is 0 Å². The summed E-state index contributed by atoms with van der Waals surface area (Å²) in [5.74, 6) is 0.